The van der Waals surface area contributed by atoms with Crippen LogP contribution in [0.25, 0.3) is 0 Å². The molecule has 1 aliphatic carbocycles. The van der Waals surface area contributed by atoms with Gasteiger partial charge in [-0.1, -0.05) is 6.07 Å². The Morgan fingerprint density at radius 1 is 1.19 bits per heavy atom. The van der Waals surface area contributed by atoms with E-state index >= 15 is 0 Å². The van der Waals surface area contributed by atoms with E-state index in [0.29, 0.717) is 6.04 Å². The average molecular weight is 360 g/mol. The van der Waals surface area contributed by atoms with E-state index in [4.69, 9.17) is 4.74 Å². The number of nitrogens with zero attached hydrogens (tertiary/aromatic N) is 2. The molecule has 1 saturated heterocycles. The number of amides is 1. The van der Waals surface area contributed by atoms with Crippen molar-refractivity contribution < 1.29 is 9.53 Å². The van der Waals surface area contributed by atoms with Crippen LogP contribution in [0.2, 0.25) is 0 Å². The van der Waals surface area contributed by atoms with Gasteiger partial charge in [-0.2, -0.15) is 0 Å². The van der Waals surface area contributed by atoms with E-state index in [0.717, 1.165) is 64.3 Å². The van der Waals surface area contributed by atoms with Crippen molar-refractivity contribution in [2.45, 2.75) is 52.1 Å². The largest absolute Gasteiger partial charge is 0.494 e. The van der Waals surface area contributed by atoms with Crippen molar-refractivity contribution >= 4 is 5.91 Å². The van der Waals surface area contributed by atoms with Gasteiger partial charge in [-0.05, 0) is 63.3 Å². The van der Waals surface area contributed by atoms with Crippen molar-refractivity contribution in [3.63, 3.8) is 0 Å². The van der Waals surface area contributed by atoms with Gasteiger partial charge < -0.3 is 15.0 Å². The zero-order chi connectivity index (χ0) is 18.5. The van der Waals surface area contributed by atoms with E-state index < -0.39 is 0 Å². The van der Waals surface area contributed by atoms with E-state index in [1.54, 1.807) is 0 Å². The summed E-state index contributed by atoms with van der Waals surface area (Å²) in [7, 11) is 0. The fourth-order valence-electron chi connectivity index (χ4n) is 3.37. The first-order valence-electron chi connectivity index (χ1n) is 10.00. The molecule has 26 heavy (non-hydrogen) atoms. The number of carbonyl (C=O) groups is 1. The molecular formula is C21H33N3O2. The number of rotatable bonds is 8. The van der Waals surface area contributed by atoms with Gasteiger partial charge in [0.25, 0.3) is 0 Å². The van der Waals surface area contributed by atoms with E-state index in [2.05, 4.69) is 47.2 Å². The second-order valence-corrected chi connectivity index (χ2v) is 7.78. The molecule has 3 rings (SSSR count). The summed E-state index contributed by atoms with van der Waals surface area (Å²) in [5.41, 5.74) is 2.58. The van der Waals surface area contributed by atoms with Crippen molar-refractivity contribution in [2.24, 2.45) is 0 Å². The Bertz CT molecular complexity index is 607. The number of hydrogen-bond donors (Lipinski definition) is 1. The van der Waals surface area contributed by atoms with Crippen molar-refractivity contribution in [2.75, 3.05) is 39.3 Å². The predicted octanol–water partition coefficient (Wildman–Crippen LogP) is 2.36. The van der Waals surface area contributed by atoms with Crippen LogP contribution >= 0.6 is 0 Å². The van der Waals surface area contributed by atoms with E-state index in [1.165, 1.54) is 11.1 Å². The first-order valence-corrected chi connectivity index (χ1v) is 10.00. The predicted molar refractivity (Wildman–Crippen MR) is 105 cm³/mol. The number of benzene rings is 1. The van der Waals surface area contributed by atoms with Crippen LogP contribution in [0.15, 0.2) is 18.2 Å². The minimum absolute atomic E-state index is 0.00846. The number of aryl methyl sites for hydroxylation is 2. The maximum absolute atomic E-state index is 12.2. The molecule has 1 aromatic rings. The molecule has 0 bridgehead atoms. The fraction of sp³-hybridized carbons (Fsp3) is 0.667. The van der Waals surface area contributed by atoms with Gasteiger partial charge in [-0.15, -0.1) is 0 Å². The van der Waals surface area contributed by atoms with E-state index in [1.807, 2.05) is 6.92 Å². The molecule has 0 aromatic heterocycles. The van der Waals surface area contributed by atoms with E-state index in [9.17, 15) is 4.79 Å². The minimum Gasteiger partial charge on any atom is -0.494 e. The molecule has 1 aliphatic heterocycles. The smallest absolute Gasteiger partial charge is 0.237 e. The molecule has 5 heteroatoms. The number of piperazine rings is 1. The molecule has 144 valence electrons. The normalized spacial score (nSPS) is 20.0. The molecule has 1 saturated carbocycles. The lowest BCUT2D eigenvalue weighted by Crippen LogP contribution is -2.54. The van der Waals surface area contributed by atoms with Crippen LogP contribution in [0.1, 0.15) is 37.3 Å². The highest BCUT2D eigenvalue weighted by Gasteiger charge is 2.29. The van der Waals surface area contributed by atoms with Gasteiger partial charge >= 0.3 is 0 Å². The molecular weight excluding hydrogens is 326 g/mol. The summed E-state index contributed by atoms with van der Waals surface area (Å²) >= 11 is 0. The summed E-state index contributed by atoms with van der Waals surface area (Å²) in [5, 5.41) is 3.12. The van der Waals surface area contributed by atoms with Gasteiger partial charge in [-0.25, -0.2) is 0 Å². The number of carbonyl (C=O) groups excluding carboxylic acids is 1. The van der Waals surface area contributed by atoms with Crippen LogP contribution in [0.4, 0.5) is 0 Å². The zero-order valence-electron chi connectivity index (χ0n) is 16.5. The van der Waals surface area contributed by atoms with Crippen molar-refractivity contribution in [3.05, 3.63) is 29.3 Å². The Morgan fingerprint density at radius 2 is 1.92 bits per heavy atom. The van der Waals surface area contributed by atoms with Crippen LogP contribution in [0, 0.1) is 13.8 Å². The SMILES string of the molecule is Cc1ccc(OCCCN2CCN(C(C)C(=O)NC3CC3)CC2)cc1C. The van der Waals surface area contributed by atoms with Crippen LogP contribution in [0.5, 0.6) is 5.75 Å². The Hall–Kier alpha value is -1.59. The maximum Gasteiger partial charge on any atom is 0.237 e. The van der Waals surface area contributed by atoms with Crippen LogP contribution in [-0.2, 0) is 4.79 Å². The molecule has 1 heterocycles. The third-order valence-corrected chi connectivity index (χ3v) is 5.62. The average Bonchev–Trinajstić information content (AvgIpc) is 3.45. The molecule has 0 radical (unpaired) electrons. The summed E-state index contributed by atoms with van der Waals surface area (Å²) in [4.78, 5) is 17.0. The van der Waals surface area contributed by atoms with Gasteiger partial charge in [0.1, 0.15) is 5.75 Å². The topological polar surface area (TPSA) is 44.8 Å². The second kappa shape index (κ2) is 8.87. The summed E-state index contributed by atoms with van der Waals surface area (Å²) in [6, 6.07) is 6.72. The third-order valence-electron chi connectivity index (χ3n) is 5.62. The Kier molecular flexibility index (Phi) is 6.54. The highest BCUT2D eigenvalue weighted by Crippen LogP contribution is 2.19. The van der Waals surface area contributed by atoms with Gasteiger partial charge in [0.15, 0.2) is 0 Å². The Morgan fingerprint density at radius 3 is 2.58 bits per heavy atom. The molecule has 1 unspecified atom stereocenters. The Labute approximate surface area is 157 Å². The van der Waals surface area contributed by atoms with Crippen LogP contribution < -0.4 is 10.1 Å². The monoisotopic (exact) mass is 359 g/mol. The number of nitrogens with one attached hydrogen (secondary N) is 1. The minimum atomic E-state index is -0.00846. The highest BCUT2D eigenvalue weighted by molar-refractivity contribution is 5.81. The van der Waals surface area contributed by atoms with Crippen molar-refractivity contribution in [1.82, 2.24) is 15.1 Å². The summed E-state index contributed by atoms with van der Waals surface area (Å²) in [5.74, 6) is 1.16. The zero-order valence-corrected chi connectivity index (χ0v) is 16.5. The third kappa shape index (κ3) is 5.45. The number of hydrogen-bond acceptors (Lipinski definition) is 4. The lowest BCUT2D eigenvalue weighted by atomic mass is 10.1. The standard InChI is InChI=1S/C21H33N3O2/c1-16-5-8-20(15-17(16)2)26-14-4-9-23-10-12-24(13-11-23)18(3)21(25)22-19-6-7-19/h5,8,15,18-19H,4,6-7,9-14H2,1-3H3,(H,22,25). The fourth-order valence-corrected chi connectivity index (χ4v) is 3.37. The summed E-state index contributed by atoms with van der Waals surface area (Å²) in [6.45, 7) is 12.1. The second-order valence-electron chi connectivity index (χ2n) is 7.78. The quantitative estimate of drug-likeness (QED) is 0.724. The van der Waals surface area contributed by atoms with Gasteiger partial charge in [0.2, 0.25) is 5.91 Å². The molecule has 0 spiro atoms. The number of ether oxygens (including phenoxy) is 1. The van der Waals surface area contributed by atoms with Crippen LogP contribution in [-0.4, -0.2) is 67.1 Å². The molecule has 5 nitrogen and oxygen atoms in total. The molecule has 2 fully saturated rings. The lowest BCUT2D eigenvalue weighted by Gasteiger charge is -2.37. The molecule has 1 N–H and O–H groups in total. The summed E-state index contributed by atoms with van der Waals surface area (Å²) in [6.07, 6.45) is 3.33. The highest BCUT2D eigenvalue weighted by atomic mass is 16.5. The molecule has 1 aromatic carbocycles. The van der Waals surface area contributed by atoms with Gasteiger partial charge in [0.05, 0.1) is 12.6 Å². The summed E-state index contributed by atoms with van der Waals surface area (Å²) < 4.78 is 5.88. The van der Waals surface area contributed by atoms with Crippen molar-refractivity contribution in [3.8, 4) is 5.75 Å². The molecule has 1 atom stereocenters. The van der Waals surface area contributed by atoms with E-state index in [-0.39, 0.29) is 11.9 Å². The van der Waals surface area contributed by atoms with Crippen molar-refractivity contribution in [1.29, 1.82) is 0 Å². The molecule has 1 amide bonds. The Balaban J connectivity index is 1.31. The first-order chi connectivity index (χ1) is 12.5. The lowest BCUT2D eigenvalue weighted by molar-refractivity contribution is -0.126. The maximum atomic E-state index is 12.2. The van der Waals surface area contributed by atoms with Crippen LogP contribution in [0.3, 0.4) is 0 Å². The molecule has 2 aliphatic rings. The van der Waals surface area contributed by atoms with Gasteiger partial charge in [0, 0.05) is 38.8 Å². The first kappa shape index (κ1) is 19.2. The van der Waals surface area contributed by atoms with Gasteiger partial charge in [-0.3, -0.25) is 9.69 Å².